The van der Waals surface area contributed by atoms with Gasteiger partial charge in [-0.2, -0.15) is 0 Å². The van der Waals surface area contributed by atoms with Gasteiger partial charge in [-0.3, -0.25) is 0 Å². The van der Waals surface area contributed by atoms with E-state index < -0.39 is 0 Å². The lowest BCUT2D eigenvalue weighted by molar-refractivity contribution is 0.112. The van der Waals surface area contributed by atoms with Crippen molar-refractivity contribution in [2.75, 3.05) is 13.2 Å². The summed E-state index contributed by atoms with van der Waals surface area (Å²) in [4.78, 5) is 0. The standard InChI is InChI=1S/C10H21NO/c1-2-3-4-5-9-6-10(7-11)12-8-9/h9-10H,2-8,11H2,1H3. The van der Waals surface area contributed by atoms with E-state index in [0.29, 0.717) is 12.6 Å². The first-order valence-corrected chi connectivity index (χ1v) is 5.18. The monoisotopic (exact) mass is 171 g/mol. The van der Waals surface area contributed by atoms with Crippen molar-refractivity contribution >= 4 is 0 Å². The van der Waals surface area contributed by atoms with Gasteiger partial charge in [0, 0.05) is 13.2 Å². The van der Waals surface area contributed by atoms with E-state index in [0.717, 1.165) is 12.5 Å². The number of rotatable bonds is 5. The van der Waals surface area contributed by atoms with Crippen LogP contribution in [0.4, 0.5) is 0 Å². The second-order valence-corrected chi connectivity index (χ2v) is 3.79. The second-order valence-electron chi connectivity index (χ2n) is 3.79. The smallest absolute Gasteiger partial charge is 0.0700 e. The largest absolute Gasteiger partial charge is 0.377 e. The van der Waals surface area contributed by atoms with Gasteiger partial charge in [0.1, 0.15) is 0 Å². The molecule has 0 aromatic rings. The normalized spacial score (nSPS) is 29.5. The summed E-state index contributed by atoms with van der Waals surface area (Å²) < 4.78 is 5.52. The molecule has 1 aliphatic rings. The van der Waals surface area contributed by atoms with Gasteiger partial charge in [0.2, 0.25) is 0 Å². The molecule has 12 heavy (non-hydrogen) atoms. The Morgan fingerprint density at radius 3 is 2.83 bits per heavy atom. The third-order valence-corrected chi connectivity index (χ3v) is 2.64. The fourth-order valence-corrected chi connectivity index (χ4v) is 1.83. The summed E-state index contributed by atoms with van der Waals surface area (Å²) in [6.07, 6.45) is 6.93. The van der Waals surface area contributed by atoms with E-state index in [2.05, 4.69) is 6.92 Å². The molecular formula is C10H21NO. The molecule has 1 heterocycles. The first-order chi connectivity index (χ1) is 5.86. The Morgan fingerprint density at radius 2 is 2.25 bits per heavy atom. The van der Waals surface area contributed by atoms with Crippen LogP contribution in [0.3, 0.4) is 0 Å². The molecule has 0 amide bonds. The van der Waals surface area contributed by atoms with Crippen molar-refractivity contribution in [2.24, 2.45) is 11.7 Å². The number of nitrogens with two attached hydrogens (primary N) is 1. The molecule has 1 fully saturated rings. The lowest BCUT2D eigenvalue weighted by Gasteiger charge is -2.06. The van der Waals surface area contributed by atoms with Gasteiger partial charge in [0.15, 0.2) is 0 Å². The molecule has 2 heteroatoms. The van der Waals surface area contributed by atoms with Crippen LogP contribution in [-0.4, -0.2) is 19.3 Å². The van der Waals surface area contributed by atoms with E-state index >= 15 is 0 Å². The third kappa shape index (κ3) is 3.11. The second kappa shape index (κ2) is 5.55. The maximum atomic E-state index is 5.53. The van der Waals surface area contributed by atoms with Crippen LogP contribution in [0.2, 0.25) is 0 Å². The van der Waals surface area contributed by atoms with E-state index in [4.69, 9.17) is 10.5 Å². The van der Waals surface area contributed by atoms with Crippen LogP contribution in [0, 0.1) is 5.92 Å². The number of ether oxygens (including phenoxy) is 1. The molecule has 1 aliphatic heterocycles. The lowest BCUT2D eigenvalue weighted by atomic mass is 9.98. The fraction of sp³-hybridized carbons (Fsp3) is 1.00. The molecule has 2 atom stereocenters. The highest BCUT2D eigenvalue weighted by molar-refractivity contribution is 4.73. The van der Waals surface area contributed by atoms with Crippen LogP contribution < -0.4 is 5.73 Å². The first kappa shape index (κ1) is 10.0. The van der Waals surface area contributed by atoms with Crippen molar-refractivity contribution in [3.05, 3.63) is 0 Å². The maximum Gasteiger partial charge on any atom is 0.0700 e. The van der Waals surface area contributed by atoms with Crippen LogP contribution in [-0.2, 0) is 4.74 Å². The van der Waals surface area contributed by atoms with Crippen molar-refractivity contribution in [1.82, 2.24) is 0 Å². The zero-order valence-electron chi connectivity index (χ0n) is 8.09. The molecule has 2 nitrogen and oxygen atoms in total. The predicted octanol–water partition coefficient (Wildman–Crippen LogP) is 1.93. The zero-order chi connectivity index (χ0) is 8.81. The molecule has 0 radical (unpaired) electrons. The third-order valence-electron chi connectivity index (χ3n) is 2.64. The summed E-state index contributed by atoms with van der Waals surface area (Å²) >= 11 is 0. The summed E-state index contributed by atoms with van der Waals surface area (Å²) in [6, 6.07) is 0. The summed E-state index contributed by atoms with van der Waals surface area (Å²) in [5, 5.41) is 0. The Bertz CT molecular complexity index is 116. The van der Waals surface area contributed by atoms with Crippen molar-refractivity contribution in [3.8, 4) is 0 Å². The van der Waals surface area contributed by atoms with Crippen LogP contribution in [0.15, 0.2) is 0 Å². The van der Waals surface area contributed by atoms with Crippen LogP contribution in [0.5, 0.6) is 0 Å². The summed E-state index contributed by atoms with van der Waals surface area (Å²) in [6.45, 7) is 3.89. The summed E-state index contributed by atoms with van der Waals surface area (Å²) in [5.74, 6) is 0.796. The Kier molecular flexibility index (Phi) is 4.62. The van der Waals surface area contributed by atoms with Gasteiger partial charge in [-0.05, 0) is 18.8 Å². The average molecular weight is 171 g/mol. The molecule has 72 valence electrons. The first-order valence-electron chi connectivity index (χ1n) is 5.18. The molecule has 0 saturated carbocycles. The molecular weight excluding hydrogens is 150 g/mol. The molecule has 0 bridgehead atoms. The van der Waals surface area contributed by atoms with E-state index in [1.807, 2.05) is 0 Å². The SMILES string of the molecule is CCCCCC1COC(CN)C1. The topological polar surface area (TPSA) is 35.2 Å². The van der Waals surface area contributed by atoms with E-state index in [1.54, 1.807) is 0 Å². The van der Waals surface area contributed by atoms with Gasteiger partial charge in [-0.15, -0.1) is 0 Å². The zero-order valence-corrected chi connectivity index (χ0v) is 8.09. The quantitative estimate of drug-likeness (QED) is 0.641. The van der Waals surface area contributed by atoms with Gasteiger partial charge in [-0.25, -0.2) is 0 Å². The summed E-state index contributed by atoms with van der Waals surface area (Å²) in [7, 11) is 0. The minimum atomic E-state index is 0.358. The van der Waals surface area contributed by atoms with Gasteiger partial charge < -0.3 is 10.5 Å². The predicted molar refractivity (Wildman–Crippen MR) is 51.0 cm³/mol. The van der Waals surface area contributed by atoms with Crippen LogP contribution in [0.25, 0.3) is 0 Å². The minimum Gasteiger partial charge on any atom is -0.377 e. The van der Waals surface area contributed by atoms with Crippen molar-refractivity contribution in [2.45, 2.75) is 45.1 Å². The van der Waals surface area contributed by atoms with Gasteiger partial charge in [0.05, 0.1) is 6.10 Å². The van der Waals surface area contributed by atoms with Crippen molar-refractivity contribution in [3.63, 3.8) is 0 Å². The van der Waals surface area contributed by atoms with Crippen LogP contribution >= 0.6 is 0 Å². The van der Waals surface area contributed by atoms with E-state index in [9.17, 15) is 0 Å². The number of hydrogen-bond acceptors (Lipinski definition) is 2. The molecule has 2 N–H and O–H groups in total. The highest BCUT2D eigenvalue weighted by Crippen LogP contribution is 2.23. The molecule has 0 aliphatic carbocycles. The molecule has 0 spiro atoms. The van der Waals surface area contributed by atoms with Gasteiger partial charge >= 0.3 is 0 Å². The number of unbranched alkanes of at least 4 members (excludes halogenated alkanes) is 2. The number of hydrogen-bond donors (Lipinski definition) is 1. The molecule has 2 unspecified atom stereocenters. The molecule has 0 aromatic heterocycles. The maximum absolute atomic E-state index is 5.53. The fourth-order valence-electron chi connectivity index (χ4n) is 1.83. The Balaban J connectivity index is 2.03. The van der Waals surface area contributed by atoms with Crippen LogP contribution in [0.1, 0.15) is 39.0 Å². The Labute approximate surface area is 75.5 Å². The van der Waals surface area contributed by atoms with Gasteiger partial charge in [-0.1, -0.05) is 26.2 Å². The Morgan fingerprint density at radius 1 is 1.42 bits per heavy atom. The summed E-state index contributed by atoms with van der Waals surface area (Å²) in [5.41, 5.74) is 5.53. The molecule has 1 saturated heterocycles. The van der Waals surface area contributed by atoms with Crippen molar-refractivity contribution in [1.29, 1.82) is 0 Å². The Hall–Kier alpha value is -0.0800. The highest BCUT2D eigenvalue weighted by Gasteiger charge is 2.23. The van der Waals surface area contributed by atoms with Gasteiger partial charge in [0.25, 0.3) is 0 Å². The molecule has 0 aromatic carbocycles. The van der Waals surface area contributed by atoms with E-state index in [1.165, 1.54) is 32.1 Å². The minimum absolute atomic E-state index is 0.358. The molecule has 1 rings (SSSR count). The lowest BCUT2D eigenvalue weighted by Crippen LogP contribution is -2.18. The van der Waals surface area contributed by atoms with E-state index in [-0.39, 0.29) is 0 Å². The highest BCUT2D eigenvalue weighted by atomic mass is 16.5. The average Bonchev–Trinajstić information content (AvgIpc) is 2.53. The van der Waals surface area contributed by atoms with Crippen molar-refractivity contribution < 1.29 is 4.74 Å².